The van der Waals surface area contributed by atoms with Crippen molar-refractivity contribution in [2.75, 3.05) is 6.61 Å². The van der Waals surface area contributed by atoms with Gasteiger partial charge in [-0.2, -0.15) is 5.10 Å². The van der Waals surface area contributed by atoms with Crippen molar-refractivity contribution >= 4 is 23.5 Å². The Morgan fingerprint density at radius 2 is 2.05 bits per heavy atom. The number of nitrogens with zero attached hydrogens (tertiary/aromatic N) is 1. The molecule has 0 saturated heterocycles. The molecule has 1 amide bonds. The van der Waals surface area contributed by atoms with E-state index in [0.29, 0.717) is 4.88 Å². The van der Waals surface area contributed by atoms with Crippen LogP contribution < -0.4 is 5.43 Å². The lowest BCUT2D eigenvalue weighted by Crippen LogP contribution is -2.46. The Hall–Kier alpha value is -1.36. The summed E-state index contributed by atoms with van der Waals surface area (Å²) in [7, 11) is 0. The summed E-state index contributed by atoms with van der Waals surface area (Å²) in [5, 5.41) is 51.1. The molecule has 0 bridgehead atoms. The number of rotatable bonds is 7. The molecule has 0 radical (unpaired) electrons. The summed E-state index contributed by atoms with van der Waals surface area (Å²) in [6.45, 7) is -0.767. The molecule has 4 unspecified atom stereocenters. The normalized spacial score (nSPS) is 17.6. The zero-order chi connectivity index (χ0) is 15.1. The van der Waals surface area contributed by atoms with Gasteiger partial charge in [-0.25, -0.2) is 5.43 Å². The maximum absolute atomic E-state index is 11.5. The highest BCUT2D eigenvalue weighted by molar-refractivity contribution is 7.12. The van der Waals surface area contributed by atoms with Gasteiger partial charge in [0.1, 0.15) is 24.4 Å². The Morgan fingerprint density at radius 1 is 1.35 bits per heavy atom. The molecule has 9 heteroatoms. The number of amides is 1. The average Bonchev–Trinajstić information content (AvgIpc) is 2.98. The standard InChI is InChI=1S/C11H16N2O6S/c14-5-7(16)10(18)9(17)6(15)4-12-13-11(19)8-2-1-3-20-8/h1-4,6-7,9-10,14-18H,5H2,(H,13,19)/b12-4+. The minimum Gasteiger partial charge on any atom is -0.394 e. The summed E-state index contributed by atoms with van der Waals surface area (Å²) in [5.74, 6) is -0.478. The quantitative estimate of drug-likeness (QED) is 0.252. The maximum Gasteiger partial charge on any atom is 0.281 e. The molecule has 20 heavy (non-hydrogen) atoms. The van der Waals surface area contributed by atoms with Crippen LogP contribution in [0.5, 0.6) is 0 Å². The number of hydrogen-bond acceptors (Lipinski definition) is 8. The molecular weight excluding hydrogens is 288 g/mol. The number of aliphatic hydroxyl groups is 5. The molecule has 4 atom stereocenters. The predicted octanol–water partition coefficient (Wildman–Crippen LogP) is -2.10. The molecule has 0 fully saturated rings. The predicted molar refractivity (Wildman–Crippen MR) is 71.4 cm³/mol. The highest BCUT2D eigenvalue weighted by Gasteiger charge is 2.29. The van der Waals surface area contributed by atoms with Crippen molar-refractivity contribution < 1.29 is 30.3 Å². The van der Waals surface area contributed by atoms with Crippen LogP contribution >= 0.6 is 11.3 Å². The van der Waals surface area contributed by atoms with Gasteiger partial charge >= 0.3 is 0 Å². The number of hydrazone groups is 1. The Bertz CT molecular complexity index is 438. The first kappa shape index (κ1) is 16.7. The summed E-state index contributed by atoms with van der Waals surface area (Å²) < 4.78 is 0. The van der Waals surface area contributed by atoms with E-state index in [9.17, 15) is 20.1 Å². The Balaban J connectivity index is 2.47. The molecule has 1 rings (SSSR count). The van der Waals surface area contributed by atoms with Crippen molar-refractivity contribution in [1.82, 2.24) is 5.43 Å². The van der Waals surface area contributed by atoms with Crippen LogP contribution in [-0.4, -0.2) is 68.7 Å². The Labute approximate surface area is 118 Å². The summed E-state index contributed by atoms with van der Waals surface area (Å²) in [4.78, 5) is 11.9. The van der Waals surface area contributed by atoms with Gasteiger partial charge in [0.2, 0.25) is 0 Å². The number of nitrogens with one attached hydrogen (secondary N) is 1. The van der Waals surface area contributed by atoms with E-state index in [4.69, 9.17) is 10.2 Å². The molecule has 1 heterocycles. The number of thiophene rings is 1. The molecule has 1 aromatic rings. The van der Waals surface area contributed by atoms with Crippen LogP contribution in [0.4, 0.5) is 0 Å². The van der Waals surface area contributed by atoms with Crippen LogP contribution in [0.15, 0.2) is 22.6 Å². The van der Waals surface area contributed by atoms with E-state index < -0.39 is 36.9 Å². The molecule has 0 saturated carbocycles. The fraction of sp³-hybridized carbons (Fsp3) is 0.455. The molecule has 0 aliphatic heterocycles. The monoisotopic (exact) mass is 304 g/mol. The third-order valence-electron chi connectivity index (χ3n) is 2.42. The SMILES string of the molecule is O=C(N/N=C/C(O)C(O)C(O)C(O)CO)c1cccs1. The van der Waals surface area contributed by atoms with Gasteiger partial charge in [-0.3, -0.25) is 4.79 Å². The van der Waals surface area contributed by atoms with Gasteiger partial charge in [0.05, 0.1) is 17.7 Å². The van der Waals surface area contributed by atoms with Crippen LogP contribution in [0.3, 0.4) is 0 Å². The third kappa shape index (κ3) is 4.63. The van der Waals surface area contributed by atoms with Crippen molar-refractivity contribution in [1.29, 1.82) is 0 Å². The first-order valence-electron chi connectivity index (χ1n) is 5.67. The molecule has 0 spiro atoms. The lowest BCUT2D eigenvalue weighted by Gasteiger charge is -2.23. The fourth-order valence-electron chi connectivity index (χ4n) is 1.26. The van der Waals surface area contributed by atoms with Gasteiger partial charge in [-0.05, 0) is 11.4 Å². The van der Waals surface area contributed by atoms with Gasteiger partial charge in [0.15, 0.2) is 0 Å². The minimum absolute atomic E-state index is 0.424. The maximum atomic E-state index is 11.5. The molecule has 112 valence electrons. The zero-order valence-electron chi connectivity index (χ0n) is 10.3. The number of aliphatic hydroxyl groups excluding tert-OH is 5. The molecule has 0 aliphatic rings. The van der Waals surface area contributed by atoms with Gasteiger partial charge in [-0.15, -0.1) is 11.3 Å². The Morgan fingerprint density at radius 3 is 2.60 bits per heavy atom. The van der Waals surface area contributed by atoms with E-state index in [1.807, 2.05) is 0 Å². The summed E-state index contributed by atoms with van der Waals surface area (Å²) >= 11 is 1.21. The molecule has 6 N–H and O–H groups in total. The molecular formula is C11H16N2O6S. The van der Waals surface area contributed by atoms with E-state index in [-0.39, 0.29) is 0 Å². The second-order valence-electron chi connectivity index (χ2n) is 3.92. The van der Waals surface area contributed by atoms with E-state index in [1.54, 1.807) is 17.5 Å². The van der Waals surface area contributed by atoms with Gasteiger partial charge in [0.25, 0.3) is 5.91 Å². The zero-order valence-corrected chi connectivity index (χ0v) is 11.1. The van der Waals surface area contributed by atoms with Crippen LogP contribution in [-0.2, 0) is 0 Å². The van der Waals surface area contributed by atoms with Crippen molar-refractivity contribution in [2.45, 2.75) is 24.4 Å². The second kappa shape index (κ2) is 8.04. The van der Waals surface area contributed by atoms with Crippen LogP contribution in [0, 0.1) is 0 Å². The lowest BCUT2D eigenvalue weighted by atomic mass is 10.0. The van der Waals surface area contributed by atoms with Crippen molar-refractivity contribution in [2.24, 2.45) is 5.10 Å². The first-order chi connectivity index (χ1) is 9.47. The average molecular weight is 304 g/mol. The minimum atomic E-state index is -1.75. The van der Waals surface area contributed by atoms with E-state index >= 15 is 0 Å². The Kier molecular flexibility index (Phi) is 6.71. The van der Waals surface area contributed by atoms with Crippen molar-refractivity contribution in [3.63, 3.8) is 0 Å². The summed E-state index contributed by atoms with van der Waals surface area (Å²) in [6.07, 6.45) is -5.89. The summed E-state index contributed by atoms with van der Waals surface area (Å²) in [5.41, 5.74) is 2.13. The highest BCUT2D eigenvalue weighted by atomic mass is 32.1. The third-order valence-corrected chi connectivity index (χ3v) is 3.29. The molecule has 0 aliphatic carbocycles. The second-order valence-corrected chi connectivity index (χ2v) is 4.87. The van der Waals surface area contributed by atoms with Gasteiger partial charge < -0.3 is 25.5 Å². The largest absolute Gasteiger partial charge is 0.394 e. The number of carbonyl (C=O) groups excluding carboxylic acids is 1. The van der Waals surface area contributed by atoms with Gasteiger partial charge in [-0.1, -0.05) is 6.07 Å². The van der Waals surface area contributed by atoms with E-state index in [2.05, 4.69) is 10.5 Å². The molecule has 0 aromatic carbocycles. The number of hydrogen-bond donors (Lipinski definition) is 6. The van der Waals surface area contributed by atoms with Crippen LogP contribution in [0.1, 0.15) is 9.67 Å². The van der Waals surface area contributed by atoms with E-state index in [1.165, 1.54) is 11.3 Å². The molecule has 1 aromatic heterocycles. The number of carbonyl (C=O) groups is 1. The molecule has 8 nitrogen and oxygen atoms in total. The van der Waals surface area contributed by atoms with E-state index in [0.717, 1.165) is 6.21 Å². The van der Waals surface area contributed by atoms with Crippen molar-refractivity contribution in [3.8, 4) is 0 Å². The smallest absolute Gasteiger partial charge is 0.281 e. The van der Waals surface area contributed by atoms with Crippen LogP contribution in [0.25, 0.3) is 0 Å². The lowest BCUT2D eigenvalue weighted by molar-refractivity contribution is -0.0999. The fourth-order valence-corrected chi connectivity index (χ4v) is 1.87. The van der Waals surface area contributed by atoms with Gasteiger partial charge in [0, 0.05) is 0 Å². The highest BCUT2D eigenvalue weighted by Crippen LogP contribution is 2.07. The topological polar surface area (TPSA) is 143 Å². The van der Waals surface area contributed by atoms with Crippen molar-refractivity contribution in [3.05, 3.63) is 22.4 Å². The first-order valence-corrected chi connectivity index (χ1v) is 6.55. The summed E-state index contributed by atoms with van der Waals surface area (Å²) in [6, 6.07) is 3.27. The van der Waals surface area contributed by atoms with Crippen LogP contribution in [0.2, 0.25) is 0 Å².